The van der Waals surface area contributed by atoms with Gasteiger partial charge in [0.2, 0.25) is 0 Å². The van der Waals surface area contributed by atoms with Gasteiger partial charge in [-0.2, -0.15) is 5.10 Å². The van der Waals surface area contributed by atoms with Crippen molar-refractivity contribution in [2.24, 2.45) is 7.05 Å². The Morgan fingerprint density at radius 1 is 0.933 bits per heavy atom. The van der Waals surface area contributed by atoms with Crippen LogP contribution in [0.2, 0.25) is 0 Å². The third-order valence-corrected chi connectivity index (χ3v) is 5.57. The first-order valence-electron chi connectivity index (χ1n) is 9.76. The van der Waals surface area contributed by atoms with E-state index >= 15 is 0 Å². The van der Waals surface area contributed by atoms with Gasteiger partial charge < -0.3 is 5.73 Å². The van der Waals surface area contributed by atoms with E-state index in [2.05, 4.69) is 4.98 Å². The molecule has 148 valence electrons. The Bertz CT molecular complexity index is 1470. The standard InChI is InChI=1S/C24H21N5O/c1-14-11-21(25)26-15(2)23(14)17-9-10-18-20(12-17)29-22(28(3)24(18)30)13-19(27-29)16-7-5-4-6-8-16/h4-13H,1-3H3,(H2,25,26). The minimum absolute atomic E-state index is 0.0487. The summed E-state index contributed by atoms with van der Waals surface area (Å²) in [7, 11) is 1.78. The zero-order valence-electron chi connectivity index (χ0n) is 17.0. The van der Waals surface area contributed by atoms with Gasteiger partial charge in [0.05, 0.1) is 16.6 Å². The largest absolute Gasteiger partial charge is 0.384 e. The molecule has 0 saturated heterocycles. The second-order valence-corrected chi connectivity index (χ2v) is 7.59. The molecule has 0 radical (unpaired) electrons. The number of nitrogens with zero attached hydrogens (tertiary/aromatic N) is 4. The van der Waals surface area contributed by atoms with Crippen LogP contribution in [-0.4, -0.2) is 19.2 Å². The van der Waals surface area contributed by atoms with Crippen LogP contribution < -0.4 is 11.3 Å². The molecule has 0 aliphatic rings. The monoisotopic (exact) mass is 395 g/mol. The summed E-state index contributed by atoms with van der Waals surface area (Å²) in [5.41, 5.74) is 13.1. The van der Waals surface area contributed by atoms with Gasteiger partial charge in [0, 0.05) is 29.9 Å². The van der Waals surface area contributed by atoms with Crippen LogP contribution in [-0.2, 0) is 7.05 Å². The maximum atomic E-state index is 13.0. The fraction of sp³-hybridized carbons (Fsp3) is 0.125. The average molecular weight is 395 g/mol. The maximum absolute atomic E-state index is 13.0. The van der Waals surface area contributed by atoms with E-state index in [0.717, 1.165) is 44.8 Å². The number of hydrogen-bond donors (Lipinski definition) is 1. The first-order valence-corrected chi connectivity index (χ1v) is 9.76. The van der Waals surface area contributed by atoms with Gasteiger partial charge in [0.25, 0.3) is 5.56 Å². The molecule has 30 heavy (non-hydrogen) atoms. The van der Waals surface area contributed by atoms with Gasteiger partial charge in [-0.05, 0) is 43.2 Å². The van der Waals surface area contributed by atoms with Gasteiger partial charge in [-0.1, -0.05) is 36.4 Å². The third-order valence-electron chi connectivity index (χ3n) is 5.57. The van der Waals surface area contributed by atoms with Gasteiger partial charge in [-0.3, -0.25) is 9.36 Å². The van der Waals surface area contributed by atoms with Crippen molar-refractivity contribution in [2.45, 2.75) is 13.8 Å². The lowest BCUT2D eigenvalue weighted by molar-refractivity contribution is 0.850. The number of nitrogen functional groups attached to an aromatic ring is 1. The Morgan fingerprint density at radius 2 is 1.70 bits per heavy atom. The summed E-state index contributed by atoms with van der Waals surface area (Å²) in [6, 6.07) is 19.6. The van der Waals surface area contributed by atoms with Crippen molar-refractivity contribution in [3.05, 3.63) is 82.3 Å². The molecule has 6 heteroatoms. The second kappa shape index (κ2) is 6.56. The van der Waals surface area contributed by atoms with Gasteiger partial charge >= 0.3 is 0 Å². The summed E-state index contributed by atoms with van der Waals surface area (Å²) in [4.78, 5) is 17.4. The molecule has 0 atom stereocenters. The van der Waals surface area contributed by atoms with Crippen molar-refractivity contribution in [1.29, 1.82) is 0 Å². The van der Waals surface area contributed by atoms with Crippen molar-refractivity contribution in [1.82, 2.24) is 19.2 Å². The molecule has 3 heterocycles. The highest BCUT2D eigenvalue weighted by Crippen LogP contribution is 2.30. The lowest BCUT2D eigenvalue weighted by atomic mass is 9.98. The van der Waals surface area contributed by atoms with E-state index in [1.807, 2.05) is 79.0 Å². The van der Waals surface area contributed by atoms with Crippen molar-refractivity contribution in [3.8, 4) is 22.4 Å². The molecule has 0 amide bonds. The van der Waals surface area contributed by atoms with E-state index in [0.29, 0.717) is 11.2 Å². The lowest BCUT2D eigenvalue weighted by Gasteiger charge is -2.12. The van der Waals surface area contributed by atoms with E-state index in [-0.39, 0.29) is 5.56 Å². The number of hydrogen-bond acceptors (Lipinski definition) is 4. The Labute approximate surface area is 173 Å². The fourth-order valence-corrected chi connectivity index (χ4v) is 4.16. The van der Waals surface area contributed by atoms with Gasteiger partial charge in [0.1, 0.15) is 11.5 Å². The van der Waals surface area contributed by atoms with E-state index in [9.17, 15) is 4.79 Å². The number of rotatable bonds is 2. The average Bonchev–Trinajstić information content (AvgIpc) is 3.18. The van der Waals surface area contributed by atoms with Crippen LogP contribution in [0.4, 0.5) is 5.82 Å². The highest BCUT2D eigenvalue weighted by atomic mass is 16.1. The Morgan fingerprint density at radius 3 is 2.43 bits per heavy atom. The highest BCUT2D eigenvalue weighted by Gasteiger charge is 2.15. The van der Waals surface area contributed by atoms with Crippen molar-refractivity contribution in [3.63, 3.8) is 0 Å². The molecule has 0 bridgehead atoms. The maximum Gasteiger partial charge on any atom is 0.261 e. The van der Waals surface area contributed by atoms with E-state index in [1.165, 1.54) is 0 Å². The van der Waals surface area contributed by atoms with Crippen molar-refractivity contribution < 1.29 is 0 Å². The van der Waals surface area contributed by atoms with Crippen LogP contribution in [0.5, 0.6) is 0 Å². The molecular formula is C24H21N5O. The number of aromatic nitrogens is 4. The van der Waals surface area contributed by atoms with Crippen LogP contribution in [0.15, 0.2) is 65.5 Å². The van der Waals surface area contributed by atoms with Crippen molar-refractivity contribution >= 4 is 22.4 Å². The number of pyridine rings is 1. The van der Waals surface area contributed by atoms with Gasteiger partial charge in [0.15, 0.2) is 0 Å². The highest BCUT2D eigenvalue weighted by molar-refractivity contribution is 5.87. The molecule has 6 nitrogen and oxygen atoms in total. The van der Waals surface area contributed by atoms with Gasteiger partial charge in [-0.25, -0.2) is 9.50 Å². The molecule has 3 aromatic heterocycles. The summed E-state index contributed by atoms with van der Waals surface area (Å²) in [5.74, 6) is 0.505. The van der Waals surface area contributed by atoms with Crippen LogP contribution in [0.1, 0.15) is 11.3 Å². The Kier molecular flexibility index (Phi) is 3.96. The number of benzene rings is 2. The quantitative estimate of drug-likeness (QED) is 0.488. The molecule has 0 saturated carbocycles. The zero-order chi connectivity index (χ0) is 21.0. The van der Waals surface area contributed by atoms with E-state index in [4.69, 9.17) is 10.8 Å². The minimum Gasteiger partial charge on any atom is -0.384 e. The number of aryl methyl sites for hydroxylation is 3. The topological polar surface area (TPSA) is 78.2 Å². The molecule has 2 N–H and O–H groups in total. The van der Waals surface area contributed by atoms with Crippen LogP contribution in [0.25, 0.3) is 38.9 Å². The Hall–Kier alpha value is -3.93. The van der Waals surface area contributed by atoms with Crippen LogP contribution in [0.3, 0.4) is 0 Å². The van der Waals surface area contributed by atoms with Crippen molar-refractivity contribution in [2.75, 3.05) is 5.73 Å². The van der Waals surface area contributed by atoms with E-state index < -0.39 is 0 Å². The zero-order valence-corrected chi connectivity index (χ0v) is 17.0. The number of nitrogens with two attached hydrogens (primary N) is 1. The van der Waals surface area contributed by atoms with Gasteiger partial charge in [-0.15, -0.1) is 0 Å². The predicted molar refractivity (Wildman–Crippen MR) is 120 cm³/mol. The van der Waals surface area contributed by atoms with Crippen LogP contribution >= 0.6 is 0 Å². The minimum atomic E-state index is -0.0487. The first-order chi connectivity index (χ1) is 14.4. The lowest BCUT2D eigenvalue weighted by Crippen LogP contribution is -2.19. The molecule has 0 fully saturated rings. The SMILES string of the molecule is Cc1cc(N)nc(C)c1-c1ccc2c(=O)n(C)c3cc(-c4ccccc4)nn3c2c1. The van der Waals surface area contributed by atoms with E-state index in [1.54, 1.807) is 11.6 Å². The smallest absolute Gasteiger partial charge is 0.261 e. The fourth-order valence-electron chi connectivity index (χ4n) is 4.16. The first kappa shape index (κ1) is 18.1. The summed E-state index contributed by atoms with van der Waals surface area (Å²) >= 11 is 0. The number of anilines is 1. The number of fused-ring (bicyclic) bond motifs is 3. The molecular weight excluding hydrogens is 374 g/mol. The van der Waals surface area contributed by atoms with Crippen LogP contribution in [0, 0.1) is 13.8 Å². The molecule has 0 spiro atoms. The summed E-state index contributed by atoms with van der Waals surface area (Å²) in [6.07, 6.45) is 0. The summed E-state index contributed by atoms with van der Waals surface area (Å²) in [5, 5.41) is 5.45. The normalized spacial score (nSPS) is 11.4. The molecule has 0 aliphatic heterocycles. The predicted octanol–water partition coefficient (Wildman–Crippen LogP) is 4.11. The molecule has 0 aliphatic carbocycles. The Balaban J connectivity index is 1.83. The second-order valence-electron chi connectivity index (χ2n) is 7.59. The third kappa shape index (κ3) is 2.69. The molecule has 5 rings (SSSR count). The molecule has 5 aromatic rings. The molecule has 2 aromatic carbocycles. The summed E-state index contributed by atoms with van der Waals surface area (Å²) < 4.78 is 3.49. The molecule has 0 unspecified atom stereocenters. The summed E-state index contributed by atoms with van der Waals surface area (Å²) in [6.45, 7) is 3.97.